The Labute approximate surface area is 132 Å². The van der Waals surface area contributed by atoms with Gasteiger partial charge in [0.1, 0.15) is 24.1 Å². The van der Waals surface area contributed by atoms with Gasteiger partial charge in [-0.2, -0.15) is 10.4 Å². The molecule has 2 aromatic rings. The number of aromatic nitrogens is 2. The van der Waals surface area contributed by atoms with E-state index >= 15 is 0 Å². The molecule has 0 bridgehead atoms. The summed E-state index contributed by atoms with van der Waals surface area (Å²) >= 11 is 0. The molecule has 1 heterocycles. The van der Waals surface area contributed by atoms with Crippen LogP contribution in [0.3, 0.4) is 0 Å². The van der Waals surface area contributed by atoms with Gasteiger partial charge in [-0.15, -0.1) is 0 Å². The second-order valence-corrected chi connectivity index (χ2v) is 4.51. The molecule has 0 fully saturated rings. The molecule has 1 aromatic heterocycles. The molecule has 0 saturated carbocycles. The molecule has 0 aliphatic carbocycles. The number of carbonyl (C=O) groups is 1. The molecule has 0 radical (unpaired) electrons. The van der Waals surface area contributed by atoms with Crippen molar-refractivity contribution >= 4 is 12.0 Å². The first-order chi connectivity index (χ1) is 11.2. The number of aromatic amines is 1. The molecular weight excluding hydrogens is 301 g/mol. The van der Waals surface area contributed by atoms with Crippen LogP contribution in [-0.2, 0) is 14.3 Å². The Morgan fingerprint density at radius 2 is 2.13 bits per heavy atom. The van der Waals surface area contributed by atoms with E-state index in [9.17, 15) is 9.18 Å². The van der Waals surface area contributed by atoms with Gasteiger partial charge in [0, 0.05) is 18.2 Å². The molecular formula is C16H14FN3O3. The third-order valence-corrected chi connectivity index (χ3v) is 2.96. The molecule has 7 heteroatoms. The van der Waals surface area contributed by atoms with Crippen molar-refractivity contribution in [2.24, 2.45) is 0 Å². The third kappa shape index (κ3) is 4.25. The molecule has 23 heavy (non-hydrogen) atoms. The second kappa shape index (κ2) is 7.87. The predicted molar refractivity (Wildman–Crippen MR) is 80.4 cm³/mol. The Morgan fingerprint density at radius 1 is 1.39 bits per heavy atom. The van der Waals surface area contributed by atoms with Crippen LogP contribution in [0.2, 0.25) is 0 Å². The standard InChI is InChI=1S/C16H14FN3O3/c1-22-6-7-23-16(21)12(9-18)8-13-10-19-20-15(13)11-2-4-14(17)5-3-11/h2-5,8,10H,6-7H2,1H3,(H,19,20). The van der Waals surface area contributed by atoms with E-state index in [-0.39, 0.29) is 24.6 Å². The van der Waals surface area contributed by atoms with E-state index in [2.05, 4.69) is 10.2 Å². The number of hydrogen-bond acceptors (Lipinski definition) is 5. The smallest absolute Gasteiger partial charge is 0.348 e. The average molecular weight is 315 g/mol. The van der Waals surface area contributed by atoms with Crippen molar-refractivity contribution in [2.75, 3.05) is 20.3 Å². The number of carbonyl (C=O) groups excluding carboxylic acids is 1. The van der Waals surface area contributed by atoms with Crippen LogP contribution in [-0.4, -0.2) is 36.5 Å². The van der Waals surface area contributed by atoms with Crippen LogP contribution in [0.1, 0.15) is 5.56 Å². The Bertz CT molecular complexity index is 745. The van der Waals surface area contributed by atoms with E-state index < -0.39 is 5.97 Å². The highest BCUT2D eigenvalue weighted by molar-refractivity contribution is 5.98. The van der Waals surface area contributed by atoms with Crippen LogP contribution in [0.4, 0.5) is 4.39 Å². The fraction of sp³-hybridized carbons (Fsp3) is 0.188. The number of H-pyrrole nitrogens is 1. The summed E-state index contributed by atoms with van der Waals surface area (Å²) in [5.41, 5.74) is 1.62. The first-order valence-corrected chi connectivity index (χ1v) is 6.73. The molecule has 0 atom stereocenters. The van der Waals surface area contributed by atoms with Gasteiger partial charge in [0.05, 0.1) is 18.5 Å². The van der Waals surface area contributed by atoms with Crippen molar-refractivity contribution in [3.05, 3.63) is 47.4 Å². The normalized spacial score (nSPS) is 11.1. The lowest BCUT2D eigenvalue weighted by molar-refractivity contribution is -0.139. The molecule has 6 nitrogen and oxygen atoms in total. The lowest BCUT2D eigenvalue weighted by Gasteiger charge is -2.03. The zero-order valence-electron chi connectivity index (χ0n) is 12.4. The van der Waals surface area contributed by atoms with Gasteiger partial charge in [-0.1, -0.05) is 0 Å². The number of methoxy groups -OCH3 is 1. The summed E-state index contributed by atoms with van der Waals surface area (Å²) < 4.78 is 22.7. The minimum atomic E-state index is -0.740. The number of esters is 1. The number of hydrogen-bond donors (Lipinski definition) is 1. The van der Waals surface area contributed by atoms with Gasteiger partial charge in [-0.05, 0) is 30.3 Å². The van der Waals surface area contributed by atoms with Crippen molar-refractivity contribution in [3.8, 4) is 17.3 Å². The van der Waals surface area contributed by atoms with Crippen LogP contribution in [0, 0.1) is 17.1 Å². The topological polar surface area (TPSA) is 88.0 Å². The summed E-state index contributed by atoms with van der Waals surface area (Å²) in [7, 11) is 1.48. The SMILES string of the molecule is COCCOC(=O)C(C#N)=Cc1cn[nH]c1-c1ccc(F)cc1. The zero-order valence-corrected chi connectivity index (χ0v) is 12.4. The van der Waals surface area contributed by atoms with Crippen molar-refractivity contribution in [1.29, 1.82) is 5.26 Å². The quantitative estimate of drug-likeness (QED) is 0.382. The van der Waals surface area contributed by atoms with Crippen LogP contribution < -0.4 is 0 Å². The largest absolute Gasteiger partial charge is 0.459 e. The molecule has 0 unspecified atom stereocenters. The number of nitrogens with zero attached hydrogens (tertiary/aromatic N) is 2. The number of benzene rings is 1. The molecule has 118 valence electrons. The number of nitrogens with one attached hydrogen (secondary N) is 1. The fourth-order valence-electron chi connectivity index (χ4n) is 1.84. The number of ether oxygens (including phenoxy) is 2. The van der Waals surface area contributed by atoms with E-state index in [1.165, 1.54) is 31.5 Å². The summed E-state index contributed by atoms with van der Waals surface area (Å²) in [5, 5.41) is 15.8. The van der Waals surface area contributed by atoms with Crippen LogP contribution >= 0.6 is 0 Å². The molecule has 0 aliphatic rings. The van der Waals surface area contributed by atoms with E-state index in [0.717, 1.165) is 0 Å². The number of nitriles is 1. The highest BCUT2D eigenvalue weighted by atomic mass is 19.1. The Morgan fingerprint density at radius 3 is 2.78 bits per heavy atom. The minimum Gasteiger partial charge on any atom is -0.459 e. The minimum absolute atomic E-state index is 0.0601. The molecule has 0 spiro atoms. The Hall–Kier alpha value is -2.98. The van der Waals surface area contributed by atoms with Crippen molar-refractivity contribution in [3.63, 3.8) is 0 Å². The zero-order chi connectivity index (χ0) is 16.7. The summed E-state index contributed by atoms with van der Waals surface area (Å²) in [6.45, 7) is 0.307. The van der Waals surface area contributed by atoms with E-state index in [1.807, 2.05) is 0 Å². The van der Waals surface area contributed by atoms with Gasteiger partial charge in [0.15, 0.2) is 0 Å². The highest BCUT2D eigenvalue weighted by Gasteiger charge is 2.13. The highest BCUT2D eigenvalue weighted by Crippen LogP contribution is 2.23. The van der Waals surface area contributed by atoms with Crippen LogP contribution in [0.25, 0.3) is 17.3 Å². The average Bonchev–Trinajstić information content (AvgIpc) is 3.01. The number of halogens is 1. The predicted octanol–water partition coefficient (Wildman–Crippen LogP) is 2.31. The van der Waals surface area contributed by atoms with Gasteiger partial charge in [-0.3, -0.25) is 5.10 Å². The summed E-state index contributed by atoms with van der Waals surface area (Å²) in [6, 6.07) is 7.57. The second-order valence-electron chi connectivity index (χ2n) is 4.51. The summed E-state index contributed by atoms with van der Waals surface area (Å²) in [5.74, 6) is -1.10. The Balaban J connectivity index is 2.24. The molecule has 0 saturated heterocycles. The van der Waals surface area contributed by atoms with Gasteiger partial charge in [0.25, 0.3) is 0 Å². The van der Waals surface area contributed by atoms with Crippen LogP contribution in [0.15, 0.2) is 36.0 Å². The van der Waals surface area contributed by atoms with Gasteiger partial charge < -0.3 is 9.47 Å². The Kier molecular flexibility index (Phi) is 5.61. The number of rotatable bonds is 6. The molecule has 0 amide bonds. The first-order valence-electron chi connectivity index (χ1n) is 6.73. The van der Waals surface area contributed by atoms with Gasteiger partial charge in [-0.25, -0.2) is 9.18 Å². The fourth-order valence-corrected chi connectivity index (χ4v) is 1.84. The maximum atomic E-state index is 13.0. The molecule has 2 rings (SSSR count). The lowest BCUT2D eigenvalue weighted by atomic mass is 10.1. The molecule has 1 aromatic carbocycles. The van der Waals surface area contributed by atoms with Gasteiger partial charge >= 0.3 is 5.97 Å². The van der Waals surface area contributed by atoms with Crippen molar-refractivity contribution in [1.82, 2.24) is 10.2 Å². The van der Waals surface area contributed by atoms with E-state index in [4.69, 9.17) is 14.7 Å². The summed E-state index contributed by atoms with van der Waals surface area (Å²) in [4.78, 5) is 11.8. The molecule has 0 aliphatic heterocycles. The maximum Gasteiger partial charge on any atom is 0.348 e. The third-order valence-electron chi connectivity index (χ3n) is 2.96. The molecule has 1 N–H and O–H groups in total. The van der Waals surface area contributed by atoms with E-state index in [1.54, 1.807) is 18.2 Å². The lowest BCUT2D eigenvalue weighted by Crippen LogP contribution is -2.11. The first kappa shape index (κ1) is 16.4. The van der Waals surface area contributed by atoms with Crippen molar-refractivity contribution < 1.29 is 18.7 Å². The van der Waals surface area contributed by atoms with E-state index in [0.29, 0.717) is 16.8 Å². The summed E-state index contributed by atoms with van der Waals surface area (Å²) in [6.07, 6.45) is 2.84. The maximum absolute atomic E-state index is 13.0. The monoisotopic (exact) mass is 315 g/mol. The van der Waals surface area contributed by atoms with Crippen molar-refractivity contribution in [2.45, 2.75) is 0 Å². The van der Waals surface area contributed by atoms with Gasteiger partial charge in [0.2, 0.25) is 0 Å². The van der Waals surface area contributed by atoms with Crippen LogP contribution in [0.5, 0.6) is 0 Å².